The van der Waals surface area contributed by atoms with Crippen LogP contribution in [0.15, 0.2) is 51.6 Å². The Morgan fingerprint density at radius 1 is 1.08 bits per heavy atom. The third kappa shape index (κ3) is 3.90. The van der Waals surface area contributed by atoms with Crippen molar-refractivity contribution in [2.75, 3.05) is 4.72 Å². The number of hydrogen-bond donors (Lipinski definition) is 3. The number of H-pyrrole nitrogens is 1. The molecule has 0 aliphatic carbocycles. The molecule has 0 spiro atoms. The van der Waals surface area contributed by atoms with Gasteiger partial charge in [-0.05, 0) is 49.4 Å². The van der Waals surface area contributed by atoms with Crippen LogP contribution >= 0.6 is 11.3 Å². The zero-order chi connectivity index (χ0) is 18.2. The first kappa shape index (κ1) is 17.6. The van der Waals surface area contributed by atoms with Crippen LogP contribution in [0.2, 0.25) is 0 Å². The second kappa shape index (κ2) is 6.26. The lowest BCUT2D eigenvalue weighted by Crippen LogP contribution is -2.13. The monoisotopic (exact) mass is 398 g/mol. The molecule has 11 heteroatoms. The lowest BCUT2D eigenvalue weighted by Gasteiger charge is -2.06. The molecule has 0 aliphatic rings. The minimum Gasteiger partial charge on any atom is -0.282 e. The Hall–Kier alpha value is -2.21. The fourth-order valence-electron chi connectivity index (χ4n) is 2.06. The van der Waals surface area contributed by atoms with Gasteiger partial charge in [0, 0.05) is 11.4 Å². The minimum atomic E-state index is -3.83. The summed E-state index contributed by atoms with van der Waals surface area (Å²) in [4.78, 5) is 0.622. The van der Waals surface area contributed by atoms with E-state index in [0.717, 1.165) is 17.0 Å². The summed E-state index contributed by atoms with van der Waals surface area (Å²) in [6, 6.07) is 10.1. The molecule has 4 N–H and O–H groups in total. The highest BCUT2D eigenvalue weighted by Crippen LogP contribution is 2.31. The molecule has 132 valence electrons. The molecular formula is C14H14N4O4S3. The quantitative estimate of drug-likeness (QED) is 0.603. The van der Waals surface area contributed by atoms with Gasteiger partial charge in [-0.2, -0.15) is 5.10 Å². The molecule has 0 atom stereocenters. The van der Waals surface area contributed by atoms with Crippen LogP contribution in [0.5, 0.6) is 0 Å². The fourth-order valence-corrected chi connectivity index (χ4v) is 4.91. The number of nitrogens with zero attached hydrogens (tertiary/aromatic N) is 1. The molecule has 0 amide bonds. The smallest absolute Gasteiger partial charge is 0.271 e. The molecule has 3 rings (SSSR count). The molecule has 2 aromatic heterocycles. The van der Waals surface area contributed by atoms with Crippen molar-refractivity contribution >= 4 is 37.1 Å². The van der Waals surface area contributed by atoms with E-state index in [0.29, 0.717) is 10.6 Å². The highest BCUT2D eigenvalue weighted by Gasteiger charge is 2.18. The molecule has 8 nitrogen and oxygen atoms in total. The van der Waals surface area contributed by atoms with E-state index in [1.165, 1.54) is 30.3 Å². The third-order valence-corrected chi connectivity index (χ3v) is 7.15. The standard InChI is InChI=1S/C14H14N4O4S3/c1-9-8-12(17-16-9)13-6-7-14(23-13)25(21,22)18-10-2-4-11(5-3-10)24(15,19)20/h2-8,18H,1H3,(H,16,17)(H2,15,19,20). The molecule has 25 heavy (non-hydrogen) atoms. The van der Waals surface area contributed by atoms with Crippen LogP contribution in [0.1, 0.15) is 5.69 Å². The number of nitrogens with one attached hydrogen (secondary N) is 2. The van der Waals surface area contributed by atoms with Gasteiger partial charge in [0.1, 0.15) is 9.90 Å². The molecule has 1 aromatic carbocycles. The molecule has 0 aliphatic heterocycles. The average molecular weight is 398 g/mol. The summed E-state index contributed by atoms with van der Waals surface area (Å²) in [6.45, 7) is 1.86. The van der Waals surface area contributed by atoms with Crippen molar-refractivity contribution in [1.82, 2.24) is 10.2 Å². The largest absolute Gasteiger partial charge is 0.282 e. The topological polar surface area (TPSA) is 135 Å². The summed E-state index contributed by atoms with van der Waals surface area (Å²) in [5, 5.41) is 11.9. The van der Waals surface area contributed by atoms with Gasteiger partial charge in [-0.1, -0.05) is 0 Å². The van der Waals surface area contributed by atoms with Gasteiger partial charge in [0.2, 0.25) is 10.0 Å². The predicted molar refractivity (Wildman–Crippen MR) is 95.3 cm³/mol. The van der Waals surface area contributed by atoms with Gasteiger partial charge in [0.25, 0.3) is 10.0 Å². The van der Waals surface area contributed by atoms with Crippen molar-refractivity contribution in [3.05, 3.63) is 48.2 Å². The van der Waals surface area contributed by atoms with E-state index in [4.69, 9.17) is 5.14 Å². The Morgan fingerprint density at radius 2 is 1.76 bits per heavy atom. The number of anilines is 1. The lowest BCUT2D eigenvalue weighted by atomic mass is 10.3. The molecule has 3 aromatic rings. The second-order valence-electron chi connectivity index (χ2n) is 5.23. The lowest BCUT2D eigenvalue weighted by molar-refractivity contribution is 0.597. The van der Waals surface area contributed by atoms with Crippen LogP contribution in [-0.2, 0) is 20.0 Å². The molecular weight excluding hydrogens is 384 g/mol. The van der Waals surface area contributed by atoms with Crippen molar-refractivity contribution in [3.63, 3.8) is 0 Å². The number of aryl methyl sites for hydroxylation is 1. The molecule has 0 bridgehead atoms. The van der Waals surface area contributed by atoms with Gasteiger partial charge >= 0.3 is 0 Å². The van der Waals surface area contributed by atoms with E-state index in [2.05, 4.69) is 14.9 Å². The number of aromatic nitrogens is 2. The molecule has 2 heterocycles. The number of hydrogen-bond acceptors (Lipinski definition) is 6. The maximum absolute atomic E-state index is 12.5. The number of benzene rings is 1. The maximum atomic E-state index is 12.5. The fraction of sp³-hybridized carbons (Fsp3) is 0.0714. The van der Waals surface area contributed by atoms with E-state index in [1.54, 1.807) is 6.07 Å². The first-order valence-corrected chi connectivity index (χ1v) is 10.8. The third-order valence-electron chi connectivity index (χ3n) is 3.24. The van der Waals surface area contributed by atoms with Gasteiger partial charge in [-0.3, -0.25) is 9.82 Å². The normalized spacial score (nSPS) is 12.2. The van der Waals surface area contributed by atoms with Gasteiger partial charge in [-0.25, -0.2) is 22.0 Å². The van der Waals surface area contributed by atoms with E-state index < -0.39 is 20.0 Å². The van der Waals surface area contributed by atoms with Crippen molar-refractivity contribution < 1.29 is 16.8 Å². The van der Waals surface area contributed by atoms with Crippen LogP contribution in [0.3, 0.4) is 0 Å². The summed E-state index contributed by atoms with van der Waals surface area (Å²) >= 11 is 1.08. The molecule has 0 saturated carbocycles. The van der Waals surface area contributed by atoms with Crippen molar-refractivity contribution in [2.24, 2.45) is 5.14 Å². The number of nitrogens with two attached hydrogens (primary N) is 1. The SMILES string of the molecule is Cc1cc(-c2ccc(S(=O)(=O)Nc3ccc(S(N)(=O)=O)cc3)s2)n[nH]1. The summed E-state index contributed by atoms with van der Waals surface area (Å²) in [6.07, 6.45) is 0. The van der Waals surface area contributed by atoms with Crippen LogP contribution in [0, 0.1) is 6.92 Å². The Morgan fingerprint density at radius 3 is 2.32 bits per heavy atom. The van der Waals surface area contributed by atoms with Crippen molar-refractivity contribution in [1.29, 1.82) is 0 Å². The van der Waals surface area contributed by atoms with Gasteiger partial charge < -0.3 is 0 Å². The molecule has 0 saturated heterocycles. The van der Waals surface area contributed by atoms with Crippen molar-refractivity contribution in [3.8, 4) is 10.6 Å². The van der Waals surface area contributed by atoms with Crippen LogP contribution in [0.25, 0.3) is 10.6 Å². The second-order valence-corrected chi connectivity index (χ2v) is 9.78. The molecule has 0 unspecified atom stereocenters. The summed E-state index contributed by atoms with van der Waals surface area (Å²) in [7, 11) is -7.62. The van der Waals surface area contributed by atoms with E-state index in [9.17, 15) is 16.8 Å². The van der Waals surface area contributed by atoms with E-state index >= 15 is 0 Å². The van der Waals surface area contributed by atoms with Gasteiger partial charge in [0.15, 0.2) is 0 Å². The van der Waals surface area contributed by atoms with E-state index in [1.807, 2.05) is 13.0 Å². The summed E-state index contributed by atoms with van der Waals surface area (Å²) < 4.78 is 49.9. The first-order chi connectivity index (χ1) is 11.6. The number of primary sulfonamides is 1. The first-order valence-electron chi connectivity index (χ1n) is 6.93. The maximum Gasteiger partial charge on any atom is 0.271 e. The zero-order valence-corrected chi connectivity index (χ0v) is 15.4. The Labute approximate surface area is 148 Å². The number of rotatable bonds is 5. The van der Waals surface area contributed by atoms with Crippen LogP contribution in [-0.4, -0.2) is 27.0 Å². The highest BCUT2D eigenvalue weighted by atomic mass is 32.2. The van der Waals surface area contributed by atoms with Gasteiger partial charge in [-0.15, -0.1) is 11.3 Å². The van der Waals surface area contributed by atoms with Crippen LogP contribution < -0.4 is 9.86 Å². The van der Waals surface area contributed by atoms with Gasteiger partial charge in [0.05, 0.1) is 9.77 Å². The Kier molecular flexibility index (Phi) is 4.41. The number of thiophene rings is 1. The number of sulfonamides is 2. The Balaban J connectivity index is 1.84. The zero-order valence-electron chi connectivity index (χ0n) is 12.9. The Bertz CT molecular complexity index is 1110. The predicted octanol–water partition coefficient (Wildman–Crippen LogP) is 1.89. The minimum absolute atomic E-state index is 0.0947. The van der Waals surface area contributed by atoms with E-state index in [-0.39, 0.29) is 14.8 Å². The number of aromatic amines is 1. The summed E-state index contributed by atoms with van der Waals surface area (Å²) in [5.41, 5.74) is 1.78. The van der Waals surface area contributed by atoms with Crippen molar-refractivity contribution in [2.45, 2.75) is 16.0 Å². The van der Waals surface area contributed by atoms with Crippen LogP contribution in [0.4, 0.5) is 5.69 Å². The highest BCUT2D eigenvalue weighted by molar-refractivity contribution is 7.94. The molecule has 0 radical (unpaired) electrons. The average Bonchev–Trinajstić information content (AvgIpc) is 3.15. The molecule has 0 fully saturated rings. The summed E-state index contributed by atoms with van der Waals surface area (Å²) in [5.74, 6) is 0.